The number of amides is 1. The number of carbonyl (C=O) groups is 2. The summed E-state index contributed by atoms with van der Waals surface area (Å²) in [4.78, 5) is 28.5. The molecule has 1 N–H and O–H groups in total. The van der Waals surface area contributed by atoms with Gasteiger partial charge >= 0.3 is 12.1 Å². The maximum atomic E-state index is 12.3. The van der Waals surface area contributed by atoms with Crippen LogP contribution >= 0.6 is 11.8 Å². The number of fused-ring (bicyclic) bond motifs is 1. The molecule has 1 aromatic heterocycles. The van der Waals surface area contributed by atoms with Crippen LogP contribution in [0.3, 0.4) is 0 Å². The van der Waals surface area contributed by atoms with Crippen molar-refractivity contribution in [1.82, 2.24) is 14.9 Å². The Bertz CT molecular complexity index is 778. The fourth-order valence-electron chi connectivity index (χ4n) is 2.45. The second-order valence-electron chi connectivity index (χ2n) is 6.44. The molecule has 1 unspecified atom stereocenters. The summed E-state index contributed by atoms with van der Waals surface area (Å²) in [6.45, 7) is 6.90. The van der Waals surface area contributed by atoms with Gasteiger partial charge in [-0.2, -0.15) is 0 Å². The topological polar surface area (TPSA) is 82.5 Å². The first-order valence-corrected chi connectivity index (χ1v) is 10.7. The van der Waals surface area contributed by atoms with Gasteiger partial charge < -0.3 is 19.4 Å². The fraction of sp³-hybridized carbons (Fsp3) is 0.550. The maximum absolute atomic E-state index is 12.3. The van der Waals surface area contributed by atoms with Crippen LogP contribution in [0.25, 0.3) is 11.0 Å². The molecule has 0 radical (unpaired) electrons. The molecule has 7 nitrogen and oxygen atoms in total. The average molecular weight is 408 g/mol. The van der Waals surface area contributed by atoms with Gasteiger partial charge in [0.25, 0.3) is 0 Å². The lowest BCUT2D eigenvalue weighted by Crippen LogP contribution is -2.27. The molecule has 0 fully saturated rings. The number of alkyl carbamates (subject to hydrolysis) is 1. The number of rotatable bonds is 11. The van der Waals surface area contributed by atoms with Crippen LogP contribution in [-0.2, 0) is 20.8 Å². The zero-order valence-corrected chi connectivity index (χ0v) is 17.6. The summed E-state index contributed by atoms with van der Waals surface area (Å²) in [5, 5.41) is 3.45. The highest BCUT2D eigenvalue weighted by Crippen LogP contribution is 2.24. The van der Waals surface area contributed by atoms with Crippen LogP contribution in [-0.4, -0.2) is 46.6 Å². The number of aromatic nitrogens is 2. The Kier molecular flexibility index (Phi) is 9.13. The van der Waals surface area contributed by atoms with Crippen molar-refractivity contribution in [3.63, 3.8) is 0 Å². The number of esters is 1. The van der Waals surface area contributed by atoms with Gasteiger partial charge in [0.2, 0.25) is 0 Å². The molecule has 1 amide bonds. The molecule has 2 aromatic rings. The Morgan fingerprint density at radius 3 is 2.82 bits per heavy atom. The highest BCUT2D eigenvalue weighted by atomic mass is 32.2. The summed E-state index contributed by atoms with van der Waals surface area (Å²) in [6.07, 6.45) is 2.11. The summed E-state index contributed by atoms with van der Waals surface area (Å²) >= 11 is 1.48. The van der Waals surface area contributed by atoms with Crippen molar-refractivity contribution < 1.29 is 19.1 Å². The minimum atomic E-state index is -0.403. The Morgan fingerprint density at radius 2 is 2.07 bits per heavy atom. The molecule has 28 heavy (non-hydrogen) atoms. The SMILES string of the molecule is CCCCOC(=O)NCCSc1nc2ccccc2n1CC(=O)OC(C)CC. The largest absolute Gasteiger partial charge is 0.461 e. The van der Waals surface area contributed by atoms with E-state index >= 15 is 0 Å². The van der Waals surface area contributed by atoms with E-state index in [0.29, 0.717) is 18.9 Å². The summed E-state index contributed by atoms with van der Waals surface area (Å²) in [7, 11) is 0. The molecule has 1 atom stereocenters. The van der Waals surface area contributed by atoms with Crippen LogP contribution in [0.15, 0.2) is 29.4 Å². The number of benzene rings is 1. The normalized spacial score (nSPS) is 12.0. The predicted octanol–water partition coefficient (Wildman–Crippen LogP) is 4.00. The van der Waals surface area contributed by atoms with E-state index in [4.69, 9.17) is 9.47 Å². The van der Waals surface area contributed by atoms with E-state index < -0.39 is 6.09 Å². The Morgan fingerprint density at radius 1 is 1.29 bits per heavy atom. The van der Waals surface area contributed by atoms with Gasteiger partial charge in [-0.05, 0) is 31.9 Å². The third kappa shape index (κ3) is 6.74. The number of para-hydroxylation sites is 2. The maximum Gasteiger partial charge on any atom is 0.407 e. The minimum Gasteiger partial charge on any atom is -0.461 e. The lowest BCUT2D eigenvalue weighted by molar-refractivity contribution is -0.149. The van der Waals surface area contributed by atoms with Gasteiger partial charge in [0, 0.05) is 12.3 Å². The minimum absolute atomic E-state index is 0.110. The van der Waals surface area contributed by atoms with E-state index in [1.807, 2.05) is 49.6 Å². The molecule has 8 heteroatoms. The lowest BCUT2D eigenvalue weighted by atomic mass is 10.3. The summed E-state index contributed by atoms with van der Waals surface area (Å²) < 4.78 is 12.3. The van der Waals surface area contributed by atoms with Crippen molar-refractivity contribution in [3.05, 3.63) is 24.3 Å². The second kappa shape index (κ2) is 11.6. The first kappa shape index (κ1) is 22.1. The third-order valence-corrected chi connectivity index (χ3v) is 5.13. The highest BCUT2D eigenvalue weighted by Gasteiger charge is 2.16. The number of nitrogens with one attached hydrogen (secondary N) is 1. The molecule has 2 rings (SSSR count). The number of unbranched alkanes of at least 4 members (excludes halogenated alkanes) is 1. The van der Waals surface area contributed by atoms with Crippen LogP contribution in [0.5, 0.6) is 0 Å². The van der Waals surface area contributed by atoms with Crippen molar-refractivity contribution in [2.45, 2.75) is 57.8 Å². The lowest BCUT2D eigenvalue weighted by Gasteiger charge is -2.13. The zero-order valence-electron chi connectivity index (χ0n) is 16.8. The first-order valence-electron chi connectivity index (χ1n) is 9.73. The van der Waals surface area contributed by atoms with Crippen molar-refractivity contribution in [3.8, 4) is 0 Å². The van der Waals surface area contributed by atoms with Crippen molar-refractivity contribution in [2.75, 3.05) is 18.9 Å². The molecule has 1 aromatic carbocycles. The van der Waals surface area contributed by atoms with Gasteiger partial charge in [-0.1, -0.05) is 44.2 Å². The van der Waals surface area contributed by atoms with Crippen LogP contribution in [0, 0.1) is 0 Å². The summed E-state index contributed by atoms with van der Waals surface area (Å²) in [5.41, 5.74) is 1.71. The monoisotopic (exact) mass is 407 g/mol. The van der Waals surface area contributed by atoms with E-state index in [0.717, 1.165) is 35.5 Å². The number of hydrogen-bond donors (Lipinski definition) is 1. The molecule has 0 aliphatic heterocycles. The molecule has 0 saturated carbocycles. The molecule has 0 saturated heterocycles. The summed E-state index contributed by atoms with van der Waals surface area (Å²) in [5.74, 6) is 0.337. The Hall–Kier alpha value is -2.22. The van der Waals surface area contributed by atoms with Crippen molar-refractivity contribution in [1.29, 1.82) is 0 Å². The molecule has 1 heterocycles. The number of nitrogens with zero attached hydrogens (tertiary/aromatic N) is 2. The van der Waals surface area contributed by atoms with Gasteiger partial charge in [-0.15, -0.1) is 0 Å². The fourth-order valence-corrected chi connectivity index (χ4v) is 3.31. The average Bonchev–Trinajstić information content (AvgIpc) is 3.02. The Balaban J connectivity index is 1.95. The summed E-state index contributed by atoms with van der Waals surface area (Å²) in [6, 6.07) is 7.69. The van der Waals surface area contributed by atoms with Gasteiger partial charge in [0.15, 0.2) is 5.16 Å². The quantitative estimate of drug-likeness (QED) is 0.344. The van der Waals surface area contributed by atoms with E-state index in [1.165, 1.54) is 11.8 Å². The highest BCUT2D eigenvalue weighted by molar-refractivity contribution is 7.99. The number of thioether (sulfide) groups is 1. The van der Waals surface area contributed by atoms with E-state index in [9.17, 15) is 9.59 Å². The molecular weight excluding hydrogens is 378 g/mol. The zero-order chi connectivity index (χ0) is 20.4. The van der Waals surface area contributed by atoms with Crippen LogP contribution in [0.1, 0.15) is 40.0 Å². The number of carbonyl (C=O) groups excluding carboxylic acids is 2. The van der Waals surface area contributed by atoms with Gasteiger partial charge in [-0.3, -0.25) is 4.79 Å². The third-order valence-electron chi connectivity index (χ3n) is 4.15. The number of ether oxygens (including phenoxy) is 2. The van der Waals surface area contributed by atoms with Crippen LogP contribution in [0.4, 0.5) is 4.79 Å². The molecular formula is C20H29N3O4S. The number of imidazole rings is 1. The van der Waals surface area contributed by atoms with Gasteiger partial charge in [0.05, 0.1) is 23.7 Å². The predicted molar refractivity (Wildman–Crippen MR) is 111 cm³/mol. The second-order valence-corrected chi connectivity index (χ2v) is 7.50. The first-order chi connectivity index (χ1) is 13.5. The smallest absolute Gasteiger partial charge is 0.407 e. The van der Waals surface area contributed by atoms with Crippen LogP contribution in [0.2, 0.25) is 0 Å². The Labute approximate surface area is 170 Å². The molecule has 0 bridgehead atoms. The molecule has 0 aliphatic rings. The standard InChI is InChI=1S/C20H29N3O4S/c1-4-6-12-26-20(25)21-11-13-28-19-22-16-9-7-8-10-17(16)23(19)14-18(24)27-15(3)5-2/h7-10,15H,4-6,11-14H2,1-3H3,(H,21,25). The molecule has 154 valence electrons. The van der Waals surface area contributed by atoms with E-state index in [2.05, 4.69) is 10.3 Å². The van der Waals surface area contributed by atoms with Gasteiger partial charge in [-0.25, -0.2) is 9.78 Å². The van der Waals surface area contributed by atoms with Crippen molar-refractivity contribution in [2.24, 2.45) is 0 Å². The molecule has 0 aliphatic carbocycles. The number of hydrogen-bond acceptors (Lipinski definition) is 6. The molecule has 0 spiro atoms. The van der Waals surface area contributed by atoms with E-state index in [-0.39, 0.29) is 18.6 Å². The van der Waals surface area contributed by atoms with Gasteiger partial charge in [0.1, 0.15) is 6.54 Å². The van der Waals surface area contributed by atoms with E-state index in [1.54, 1.807) is 0 Å². The van der Waals surface area contributed by atoms with Crippen LogP contribution < -0.4 is 5.32 Å². The van der Waals surface area contributed by atoms with Crippen molar-refractivity contribution >= 4 is 34.9 Å².